The Hall–Kier alpha value is -2.87. The molecule has 0 aliphatic carbocycles. The number of rotatable bonds is 7. The molecule has 0 bridgehead atoms. The molecule has 1 unspecified atom stereocenters. The van der Waals surface area contributed by atoms with Crippen LogP contribution in [-0.4, -0.2) is 48.9 Å². The number of ether oxygens (including phenoxy) is 2. The van der Waals surface area contributed by atoms with E-state index >= 15 is 0 Å². The van der Waals surface area contributed by atoms with E-state index in [1.165, 1.54) is 11.8 Å². The van der Waals surface area contributed by atoms with Gasteiger partial charge in [0.05, 0.1) is 12.2 Å². The minimum Gasteiger partial charge on any atom is -0.486 e. The van der Waals surface area contributed by atoms with Crippen LogP contribution >= 0.6 is 11.8 Å². The monoisotopic (exact) mass is 401 g/mol. The second kappa shape index (κ2) is 9.36. The minimum absolute atomic E-state index is 0.245. The first-order valence-electron chi connectivity index (χ1n) is 8.93. The number of nitrogens with one attached hydrogen (secondary N) is 1. The van der Waals surface area contributed by atoms with E-state index in [0.29, 0.717) is 36.1 Å². The van der Waals surface area contributed by atoms with Crippen molar-refractivity contribution in [2.75, 3.05) is 31.3 Å². The largest absolute Gasteiger partial charge is 0.486 e. The highest BCUT2D eigenvalue weighted by Gasteiger charge is 2.24. The average Bonchev–Trinajstić information content (AvgIpc) is 2.69. The van der Waals surface area contributed by atoms with Crippen LogP contribution in [0.25, 0.3) is 0 Å². The first-order chi connectivity index (χ1) is 13.5. The fourth-order valence-corrected chi connectivity index (χ4v) is 3.68. The number of primary amides is 1. The molecule has 3 N–H and O–H groups in total. The lowest BCUT2D eigenvalue weighted by molar-refractivity contribution is -0.117. The topological polar surface area (TPSA) is 93.9 Å². The maximum absolute atomic E-state index is 12.6. The second-order valence-electron chi connectivity index (χ2n) is 6.37. The van der Waals surface area contributed by atoms with Gasteiger partial charge in [-0.15, -0.1) is 11.8 Å². The molecule has 0 radical (unpaired) electrons. The van der Waals surface area contributed by atoms with Crippen molar-refractivity contribution in [1.82, 2.24) is 4.90 Å². The third-order valence-corrected chi connectivity index (χ3v) is 5.20. The SMILES string of the molecule is CN(CC1COc2ccccc2O1)C(=O)Nc1ccccc1SCCC(N)=O. The van der Waals surface area contributed by atoms with Crippen LogP contribution in [0.5, 0.6) is 11.5 Å². The van der Waals surface area contributed by atoms with E-state index in [0.717, 1.165) is 4.90 Å². The number of hydrogen-bond acceptors (Lipinski definition) is 5. The van der Waals surface area contributed by atoms with Crippen molar-refractivity contribution in [1.29, 1.82) is 0 Å². The number of hydrogen-bond donors (Lipinski definition) is 2. The number of urea groups is 1. The van der Waals surface area contributed by atoms with Crippen LogP contribution in [0, 0.1) is 0 Å². The molecule has 28 heavy (non-hydrogen) atoms. The number of nitrogens with zero attached hydrogens (tertiary/aromatic N) is 1. The predicted molar refractivity (Wildman–Crippen MR) is 109 cm³/mol. The van der Waals surface area contributed by atoms with E-state index in [-0.39, 0.29) is 24.5 Å². The Morgan fingerprint density at radius 1 is 1.18 bits per heavy atom. The zero-order valence-electron chi connectivity index (χ0n) is 15.6. The van der Waals surface area contributed by atoms with Crippen molar-refractivity contribution in [3.8, 4) is 11.5 Å². The summed E-state index contributed by atoms with van der Waals surface area (Å²) in [6, 6.07) is 14.7. The van der Waals surface area contributed by atoms with Crippen LogP contribution in [0.4, 0.5) is 10.5 Å². The average molecular weight is 401 g/mol. The van der Waals surface area contributed by atoms with Gasteiger partial charge in [-0.25, -0.2) is 4.79 Å². The van der Waals surface area contributed by atoms with Crippen LogP contribution in [0.2, 0.25) is 0 Å². The van der Waals surface area contributed by atoms with E-state index in [1.54, 1.807) is 11.9 Å². The first-order valence-corrected chi connectivity index (χ1v) is 9.92. The van der Waals surface area contributed by atoms with Crippen molar-refractivity contribution < 1.29 is 19.1 Å². The third-order valence-electron chi connectivity index (χ3n) is 4.13. The molecule has 1 atom stereocenters. The number of amides is 3. The minimum atomic E-state index is -0.343. The van der Waals surface area contributed by atoms with Gasteiger partial charge in [0.15, 0.2) is 17.6 Å². The van der Waals surface area contributed by atoms with Gasteiger partial charge in [0.1, 0.15) is 6.61 Å². The molecule has 0 spiro atoms. The highest BCUT2D eigenvalue weighted by Crippen LogP contribution is 2.31. The van der Waals surface area contributed by atoms with E-state index in [1.807, 2.05) is 48.5 Å². The Labute approximate surface area is 168 Å². The molecule has 1 aliphatic heterocycles. The maximum Gasteiger partial charge on any atom is 0.321 e. The zero-order chi connectivity index (χ0) is 19.9. The molecular formula is C20H23N3O4S. The molecule has 2 aromatic carbocycles. The van der Waals surface area contributed by atoms with Gasteiger partial charge >= 0.3 is 6.03 Å². The summed E-state index contributed by atoms with van der Waals surface area (Å²) in [7, 11) is 1.71. The molecule has 8 heteroatoms. The van der Waals surface area contributed by atoms with Crippen LogP contribution in [0.3, 0.4) is 0 Å². The van der Waals surface area contributed by atoms with Crippen LogP contribution in [0.1, 0.15) is 6.42 Å². The first kappa shape index (κ1) is 19.9. The molecule has 0 aromatic heterocycles. The fourth-order valence-electron chi connectivity index (χ4n) is 2.71. The number of fused-ring (bicyclic) bond motifs is 1. The highest BCUT2D eigenvalue weighted by molar-refractivity contribution is 7.99. The van der Waals surface area contributed by atoms with Gasteiger partial charge in [-0.1, -0.05) is 24.3 Å². The van der Waals surface area contributed by atoms with Gasteiger partial charge in [-0.05, 0) is 24.3 Å². The van der Waals surface area contributed by atoms with E-state index in [4.69, 9.17) is 15.2 Å². The standard InChI is InChI=1S/C20H23N3O4S/c1-23(12-14-13-26-16-7-3-4-8-17(16)27-14)20(25)22-15-6-2-5-9-18(15)28-11-10-19(21)24/h2-9,14H,10-13H2,1H3,(H2,21,24)(H,22,25). The van der Waals surface area contributed by atoms with Gasteiger partial charge in [-0.3, -0.25) is 4.79 Å². The van der Waals surface area contributed by atoms with Crippen LogP contribution < -0.4 is 20.5 Å². The molecule has 1 heterocycles. The molecule has 148 valence electrons. The number of para-hydroxylation sites is 3. The molecule has 0 saturated heterocycles. The Morgan fingerprint density at radius 2 is 1.89 bits per heavy atom. The van der Waals surface area contributed by atoms with Gasteiger partial charge in [0, 0.05) is 24.1 Å². The van der Waals surface area contributed by atoms with E-state index in [9.17, 15) is 9.59 Å². The van der Waals surface area contributed by atoms with Crippen molar-refractivity contribution in [2.45, 2.75) is 17.4 Å². The Balaban J connectivity index is 1.55. The van der Waals surface area contributed by atoms with Crippen molar-refractivity contribution in [3.63, 3.8) is 0 Å². The Kier molecular flexibility index (Phi) is 6.65. The van der Waals surface area contributed by atoms with Crippen molar-refractivity contribution in [2.24, 2.45) is 5.73 Å². The molecule has 3 amide bonds. The van der Waals surface area contributed by atoms with E-state index < -0.39 is 0 Å². The number of benzene rings is 2. The normalized spacial score (nSPS) is 15.0. The lowest BCUT2D eigenvalue weighted by atomic mass is 10.2. The van der Waals surface area contributed by atoms with Crippen LogP contribution in [0.15, 0.2) is 53.4 Å². The van der Waals surface area contributed by atoms with Gasteiger partial charge in [0.2, 0.25) is 5.91 Å². The number of carbonyl (C=O) groups excluding carboxylic acids is 2. The Morgan fingerprint density at radius 3 is 2.68 bits per heavy atom. The number of thioether (sulfide) groups is 1. The molecule has 0 saturated carbocycles. The molecule has 1 aliphatic rings. The summed E-state index contributed by atoms with van der Waals surface area (Å²) >= 11 is 1.48. The lowest BCUT2D eigenvalue weighted by Crippen LogP contribution is -2.43. The quantitative estimate of drug-likeness (QED) is 0.696. The third kappa shape index (κ3) is 5.32. The molecule has 0 fully saturated rings. The molecule has 7 nitrogen and oxygen atoms in total. The number of anilines is 1. The second-order valence-corrected chi connectivity index (χ2v) is 7.51. The summed E-state index contributed by atoms with van der Waals surface area (Å²) in [4.78, 5) is 26.0. The summed E-state index contributed by atoms with van der Waals surface area (Å²) in [6.45, 7) is 0.769. The fraction of sp³-hybridized carbons (Fsp3) is 0.300. The summed E-state index contributed by atoms with van der Waals surface area (Å²) in [6.07, 6.45) is 0.0405. The summed E-state index contributed by atoms with van der Waals surface area (Å²) < 4.78 is 11.6. The van der Waals surface area contributed by atoms with Crippen molar-refractivity contribution in [3.05, 3.63) is 48.5 Å². The highest BCUT2D eigenvalue weighted by atomic mass is 32.2. The van der Waals surface area contributed by atoms with Gasteiger partial charge in [-0.2, -0.15) is 0 Å². The Bertz CT molecular complexity index is 846. The summed E-state index contributed by atoms with van der Waals surface area (Å²) in [5.41, 5.74) is 5.88. The van der Waals surface area contributed by atoms with Crippen molar-refractivity contribution >= 4 is 29.4 Å². The predicted octanol–water partition coefficient (Wildman–Crippen LogP) is 2.96. The maximum atomic E-state index is 12.6. The van der Waals surface area contributed by atoms with E-state index in [2.05, 4.69) is 5.32 Å². The molecular weight excluding hydrogens is 378 g/mol. The summed E-state index contributed by atoms with van der Waals surface area (Å²) in [5, 5.41) is 2.91. The number of carbonyl (C=O) groups is 2. The molecule has 3 rings (SSSR count). The van der Waals surface area contributed by atoms with Gasteiger partial charge < -0.3 is 25.4 Å². The zero-order valence-corrected chi connectivity index (χ0v) is 16.4. The summed E-state index contributed by atoms with van der Waals surface area (Å²) in [5.74, 6) is 1.62. The van der Waals surface area contributed by atoms with Gasteiger partial charge in [0.25, 0.3) is 0 Å². The number of nitrogens with two attached hydrogens (primary N) is 1. The lowest BCUT2D eigenvalue weighted by Gasteiger charge is -2.29. The smallest absolute Gasteiger partial charge is 0.321 e. The number of likely N-dealkylation sites (N-methyl/N-ethyl adjacent to an activating group) is 1. The van der Waals surface area contributed by atoms with Crippen LogP contribution in [-0.2, 0) is 4.79 Å². The molecule has 2 aromatic rings.